The van der Waals surface area contributed by atoms with Crippen LogP contribution in [0.1, 0.15) is 18.4 Å². The van der Waals surface area contributed by atoms with Crippen LogP contribution in [0.3, 0.4) is 0 Å². The summed E-state index contributed by atoms with van der Waals surface area (Å²) in [5.41, 5.74) is 3.09. The molecule has 2 aromatic rings. The zero-order valence-corrected chi connectivity index (χ0v) is 19.3. The predicted octanol–water partition coefficient (Wildman–Crippen LogP) is 3.31. The Kier molecular flexibility index (Phi) is 7.67. The number of rotatable bonds is 7. The minimum Gasteiger partial charge on any atom is -0.478 e. The van der Waals surface area contributed by atoms with Crippen LogP contribution in [-0.2, 0) is 14.8 Å². The molecule has 1 atom stereocenters. The van der Waals surface area contributed by atoms with E-state index >= 15 is 0 Å². The van der Waals surface area contributed by atoms with Crippen LogP contribution in [0.25, 0.3) is 0 Å². The van der Waals surface area contributed by atoms with Gasteiger partial charge in [0.25, 0.3) is 5.91 Å². The van der Waals surface area contributed by atoms with E-state index in [0.717, 1.165) is 0 Å². The van der Waals surface area contributed by atoms with E-state index in [2.05, 4.69) is 26.5 Å². The highest BCUT2D eigenvalue weighted by Gasteiger charge is 2.39. The number of benzene rings is 2. The molecule has 0 saturated carbocycles. The highest BCUT2D eigenvalue weighted by atomic mass is 79.9. The summed E-state index contributed by atoms with van der Waals surface area (Å²) in [6.45, 7) is 0.183. The Balaban J connectivity index is 1.66. The van der Waals surface area contributed by atoms with Crippen LogP contribution in [0.5, 0.6) is 5.75 Å². The van der Waals surface area contributed by atoms with E-state index in [1.807, 2.05) is 6.07 Å². The second kappa shape index (κ2) is 10.2. The van der Waals surface area contributed by atoms with E-state index in [-0.39, 0.29) is 18.0 Å². The van der Waals surface area contributed by atoms with Crippen molar-refractivity contribution >= 4 is 49.7 Å². The van der Waals surface area contributed by atoms with Crippen LogP contribution in [0.2, 0.25) is 5.02 Å². The third-order valence-electron chi connectivity index (χ3n) is 4.56. The molecule has 3 rings (SSSR count). The Labute approximate surface area is 193 Å². The second-order valence-electron chi connectivity index (χ2n) is 6.60. The number of halogens is 2. The SMILES string of the molecule is N#CCOc1ccc(/C=N\NC(=O)[C@@H]2CCCN2S(=O)(=O)c2ccc(Cl)cc2)cc1Br. The normalized spacial score (nSPS) is 16.9. The van der Waals surface area contributed by atoms with Crippen LogP contribution in [0.4, 0.5) is 0 Å². The highest BCUT2D eigenvalue weighted by Crippen LogP contribution is 2.27. The molecule has 1 aliphatic rings. The minimum atomic E-state index is -3.83. The Hall–Kier alpha value is -2.45. The summed E-state index contributed by atoms with van der Waals surface area (Å²) >= 11 is 9.18. The van der Waals surface area contributed by atoms with E-state index in [1.54, 1.807) is 18.2 Å². The first-order valence-corrected chi connectivity index (χ1v) is 11.8. The molecule has 2 aromatic carbocycles. The summed E-state index contributed by atoms with van der Waals surface area (Å²) in [6, 6.07) is 12.0. The quantitative estimate of drug-likeness (QED) is 0.440. The van der Waals surface area contributed by atoms with Crippen molar-refractivity contribution in [3.8, 4) is 11.8 Å². The number of carbonyl (C=O) groups is 1. The molecule has 1 heterocycles. The number of hydrazone groups is 1. The summed E-state index contributed by atoms with van der Waals surface area (Å²) in [5.74, 6) is 0.0102. The molecule has 11 heteroatoms. The molecule has 0 unspecified atom stereocenters. The number of carbonyl (C=O) groups excluding carboxylic acids is 1. The van der Waals surface area contributed by atoms with E-state index in [4.69, 9.17) is 21.6 Å². The van der Waals surface area contributed by atoms with Gasteiger partial charge in [-0.1, -0.05) is 11.6 Å². The average Bonchev–Trinajstić information content (AvgIpc) is 3.24. The molecule has 0 aliphatic carbocycles. The van der Waals surface area contributed by atoms with Gasteiger partial charge >= 0.3 is 0 Å². The van der Waals surface area contributed by atoms with Crippen molar-refractivity contribution in [2.24, 2.45) is 5.10 Å². The maximum Gasteiger partial charge on any atom is 0.258 e. The van der Waals surface area contributed by atoms with Gasteiger partial charge in [-0.15, -0.1) is 0 Å². The number of amides is 1. The molecule has 0 radical (unpaired) electrons. The number of nitrogens with zero attached hydrogens (tertiary/aromatic N) is 3. The molecular weight excluding hydrogens is 508 g/mol. The third-order valence-corrected chi connectivity index (χ3v) is 7.36. The van der Waals surface area contributed by atoms with Crippen molar-refractivity contribution in [2.45, 2.75) is 23.8 Å². The molecule has 31 heavy (non-hydrogen) atoms. The Bertz CT molecular complexity index is 1130. The summed E-state index contributed by atoms with van der Waals surface area (Å²) in [5, 5.41) is 13.0. The van der Waals surface area contributed by atoms with Crippen LogP contribution in [0, 0.1) is 11.3 Å². The van der Waals surface area contributed by atoms with Crippen molar-refractivity contribution in [1.29, 1.82) is 5.26 Å². The molecule has 0 spiro atoms. The summed E-state index contributed by atoms with van der Waals surface area (Å²) in [4.78, 5) is 12.7. The van der Waals surface area contributed by atoms with Gasteiger partial charge in [0, 0.05) is 11.6 Å². The molecule has 1 saturated heterocycles. The summed E-state index contributed by atoms with van der Waals surface area (Å²) < 4.78 is 32.9. The smallest absolute Gasteiger partial charge is 0.258 e. The van der Waals surface area contributed by atoms with E-state index in [9.17, 15) is 13.2 Å². The molecule has 8 nitrogen and oxygen atoms in total. The fourth-order valence-corrected chi connectivity index (χ4v) is 5.39. The van der Waals surface area contributed by atoms with Gasteiger partial charge in [0.15, 0.2) is 6.61 Å². The highest BCUT2D eigenvalue weighted by molar-refractivity contribution is 9.10. The first-order valence-electron chi connectivity index (χ1n) is 9.22. The first-order chi connectivity index (χ1) is 14.8. The largest absolute Gasteiger partial charge is 0.478 e. The third kappa shape index (κ3) is 5.62. The fourth-order valence-electron chi connectivity index (χ4n) is 3.10. The van der Waals surface area contributed by atoms with Crippen molar-refractivity contribution in [1.82, 2.24) is 9.73 Å². The van der Waals surface area contributed by atoms with Crippen LogP contribution in [0.15, 0.2) is 56.9 Å². The molecular formula is C20H18BrClN4O4S. The lowest BCUT2D eigenvalue weighted by molar-refractivity contribution is -0.124. The predicted molar refractivity (Wildman–Crippen MR) is 119 cm³/mol. The van der Waals surface area contributed by atoms with E-state index < -0.39 is 22.0 Å². The van der Waals surface area contributed by atoms with E-state index in [0.29, 0.717) is 33.6 Å². The lowest BCUT2D eigenvalue weighted by Gasteiger charge is -2.22. The molecule has 1 amide bonds. The number of sulfonamides is 1. The first kappa shape index (κ1) is 23.2. The Morgan fingerprint density at radius 3 is 2.77 bits per heavy atom. The summed E-state index contributed by atoms with van der Waals surface area (Å²) in [6.07, 6.45) is 2.42. The second-order valence-corrected chi connectivity index (χ2v) is 9.78. The molecule has 1 N–H and O–H groups in total. The molecule has 0 bridgehead atoms. The van der Waals surface area contributed by atoms with Crippen molar-refractivity contribution in [3.05, 3.63) is 57.5 Å². The fraction of sp³-hybridized carbons (Fsp3) is 0.250. The minimum absolute atomic E-state index is 0.0705. The average molecular weight is 526 g/mol. The zero-order valence-electron chi connectivity index (χ0n) is 16.2. The van der Waals surface area contributed by atoms with Crippen LogP contribution < -0.4 is 10.2 Å². The molecule has 162 valence electrons. The Morgan fingerprint density at radius 2 is 2.10 bits per heavy atom. The monoisotopic (exact) mass is 524 g/mol. The number of hydrogen-bond acceptors (Lipinski definition) is 6. The number of nitrogens with one attached hydrogen (secondary N) is 1. The van der Waals surface area contributed by atoms with Crippen molar-refractivity contribution in [2.75, 3.05) is 13.2 Å². The Morgan fingerprint density at radius 1 is 1.35 bits per heavy atom. The number of nitriles is 1. The zero-order chi connectivity index (χ0) is 22.4. The van der Waals surface area contributed by atoms with Crippen LogP contribution in [-0.4, -0.2) is 44.0 Å². The van der Waals surface area contributed by atoms with Gasteiger partial charge < -0.3 is 4.74 Å². The molecule has 1 fully saturated rings. The standard InChI is InChI=1S/C20H18BrClN4O4S/c21-17-12-14(3-8-19(17)30-11-9-23)13-24-25-20(27)18-2-1-10-26(18)31(28,29)16-6-4-15(22)5-7-16/h3-8,12-13,18H,1-2,10-11H2,(H,25,27)/b24-13-/t18-/m0/s1. The van der Waals surface area contributed by atoms with Crippen molar-refractivity contribution < 1.29 is 17.9 Å². The van der Waals surface area contributed by atoms with Gasteiger partial charge in [-0.25, -0.2) is 13.8 Å². The van der Waals surface area contributed by atoms with Gasteiger partial charge in [0.05, 0.1) is 15.6 Å². The maximum atomic E-state index is 12.9. The van der Waals surface area contributed by atoms with Gasteiger partial charge in [0.1, 0.15) is 17.9 Å². The van der Waals surface area contributed by atoms with E-state index in [1.165, 1.54) is 34.8 Å². The van der Waals surface area contributed by atoms with Crippen molar-refractivity contribution in [3.63, 3.8) is 0 Å². The van der Waals surface area contributed by atoms with Crippen LogP contribution >= 0.6 is 27.5 Å². The number of ether oxygens (including phenoxy) is 1. The van der Waals surface area contributed by atoms with Gasteiger partial charge in [-0.05, 0) is 76.8 Å². The maximum absolute atomic E-state index is 12.9. The van der Waals surface area contributed by atoms with Gasteiger partial charge in [-0.3, -0.25) is 4.79 Å². The lowest BCUT2D eigenvalue weighted by Crippen LogP contribution is -2.44. The number of hydrogen-bond donors (Lipinski definition) is 1. The molecule has 0 aromatic heterocycles. The van der Waals surface area contributed by atoms with Gasteiger partial charge in [0.2, 0.25) is 10.0 Å². The topological polar surface area (TPSA) is 112 Å². The van der Waals surface area contributed by atoms with Gasteiger partial charge in [-0.2, -0.15) is 14.7 Å². The lowest BCUT2D eigenvalue weighted by atomic mass is 10.2. The molecule has 1 aliphatic heterocycles. The summed E-state index contributed by atoms with van der Waals surface area (Å²) in [7, 11) is -3.83.